The molecule has 1 aromatic heterocycles. The van der Waals surface area contributed by atoms with Crippen LogP contribution in [0, 0.1) is 0 Å². The van der Waals surface area contributed by atoms with E-state index in [1.54, 1.807) is 24.3 Å². The summed E-state index contributed by atoms with van der Waals surface area (Å²) in [4.78, 5) is 25.8. The van der Waals surface area contributed by atoms with Crippen molar-refractivity contribution >= 4 is 34.0 Å². The summed E-state index contributed by atoms with van der Waals surface area (Å²) in [6.45, 7) is 0. The van der Waals surface area contributed by atoms with E-state index in [2.05, 4.69) is 10.3 Å². The van der Waals surface area contributed by atoms with Gasteiger partial charge in [-0.2, -0.15) is 0 Å². The number of carboxylic acid groups (broad SMARTS) is 1. The van der Waals surface area contributed by atoms with Crippen molar-refractivity contribution < 1.29 is 14.7 Å². The van der Waals surface area contributed by atoms with Crippen molar-refractivity contribution in [1.82, 2.24) is 4.98 Å². The van der Waals surface area contributed by atoms with Crippen LogP contribution in [0.15, 0.2) is 30.5 Å². The highest BCUT2D eigenvalue weighted by Gasteiger charge is 2.09. The quantitative estimate of drug-likeness (QED) is 0.778. The number of thiazole rings is 1. The van der Waals surface area contributed by atoms with E-state index in [1.807, 2.05) is 0 Å². The van der Waals surface area contributed by atoms with Gasteiger partial charge < -0.3 is 16.2 Å². The van der Waals surface area contributed by atoms with Gasteiger partial charge in [0.15, 0.2) is 5.13 Å². The third kappa shape index (κ3) is 2.64. The van der Waals surface area contributed by atoms with Crippen LogP contribution in [-0.2, 0) is 0 Å². The van der Waals surface area contributed by atoms with Crippen LogP contribution >= 0.6 is 11.3 Å². The minimum absolute atomic E-state index is 0.142. The number of nitrogens with two attached hydrogens (primary N) is 1. The third-order valence-electron chi connectivity index (χ3n) is 2.11. The third-order valence-corrected chi connectivity index (χ3v) is 3.02. The predicted molar refractivity (Wildman–Crippen MR) is 67.3 cm³/mol. The van der Waals surface area contributed by atoms with Gasteiger partial charge in [-0.05, 0) is 18.2 Å². The van der Waals surface area contributed by atoms with Crippen LogP contribution in [0.25, 0.3) is 0 Å². The van der Waals surface area contributed by atoms with Gasteiger partial charge in [0.05, 0.1) is 6.20 Å². The maximum absolute atomic E-state index is 11.0. The maximum Gasteiger partial charge on any atom is 0.347 e. The second-order valence-electron chi connectivity index (χ2n) is 3.40. The van der Waals surface area contributed by atoms with Gasteiger partial charge in [-0.15, -0.1) is 0 Å². The molecule has 0 unspecified atom stereocenters. The van der Waals surface area contributed by atoms with Crippen molar-refractivity contribution in [2.24, 2.45) is 5.73 Å². The lowest BCUT2D eigenvalue weighted by molar-refractivity contribution is 0.0701. The molecule has 0 aliphatic heterocycles. The molecule has 0 radical (unpaired) electrons. The first-order valence-corrected chi connectivity index (χ1v) is 5.74. The number of hydrogen-bond donors (Lipinski definition) is 3. The summed E-state index contributed by atoms with van der Waals surface area (Å²) in [6.07, 6.45) is 1.27. The molecule has 1 heterocycles. The highest BCUT2D eigenvalue weighted by Crippen LogP contribution is 2.22. The summed E-state index contributed by atoms with van der Waals surface area (Å²) >= 11 is 1.01. The molecule has 0 atom stereocenters. The van der Waals surface area contributed by atoms with Gasteiger partial charge in [-0.1, -0.05) is 17.4 Å². The van der Waals surface area contributed by atoms with Crippen LogP contribution in [-0.4, -0.2) is 22.0 Å². The molecule has 0 aliphatic carbocycles. The number of aromatic carboxylic acids is 1. The number of nitrogens with zero attached hydrogens (tertiary/aromatic N) is 1. The first-order chi connectivity index (χ1) is 8.56. The Balaban J connectivity index is 2.20. The lowest BCUT2D eigenvalue weighted by atomic mass is 10.2. The zero-order valence-corrected chi connectivity index (χ0v) is 9.90. The molecule has 2 aromatic rings. The Hall–Kier alpha value is -2.41. The number of amides is 1. The lowest BCUT2D eigenvalue weighted by Gasteiger charge is -2.03. The molecular weight excluding hydrogens is 254 g/mol. The maximum atomic E-state index is 11.0. The first kappa shape index (κ1) is 12.1. The summed E-state index contributed by atoms with van der Waals surface area (Å²) in [5.74, 6) is -1.55. The fraction of sp³-hybridized carbons (Fsp3) is 0. The molecule has 1 aromatic carbocycles. The summed E-state index contributed by atoms with van der Waals surface area (Å²) in [7, 11) is 0. The molecule has 18 heavy (non-hydrogen) atoms. The van der Waals surface area contributed by atoms with E-state index < -0.39 is 11.9 Å². The Morgan fingerprint density at radius 1 is 1.39 bits per heavy atom. The van der Waals surface area contributed by atoms with Crippen LogP contribution in [0.4, 0.5) is 10.8 Å². The van der Waals surface area contributed by atoms with Crippen molar-refractivity contribution in [2.75, 3.05) is 5.32 Å². The number of carboxylic acids is 1. The molecule has 0 bridgehead atoms. The van der Waals surface area contributed by atoms with Gasteiger partial charge >= 0.3 is 5.97 Å². The van der Waals surface area contributed by atoms with Crippen LogP contribution in [0.3, 0.4) is 0 Å². The fourth-order valence-corrected chi connectivity index (χ4v) is 1.98. The number of rotatable bonds is 4. The predicted octanol–water partition coefficient (Wildman–Crippen LogP) is 1.68. The molecule has 1 amide bonds. The number of hydrogen-bond acceptors (Lipinski definition) is 5. The standard InChI is InChI=1S/C11H9N3O3S/c12-9(15)6-2-1-3-7(4-6)14-11-13-5-8(18-11)10(16)17/h1-5H,(H2,12,15)(H,13,14)(H,16,17). The highest BCUT2D eigenvalue weighted by molar-refractivity contribution is 7.17. The summed E-state index contributed by atoms with van der Waals surface area (Å²) in [6, 6.07) is 6.57. The Morgan fingerprint density at radius 2 is 2.17 bits per heavy atom. The molecule has 0 saturated heterocycles. The number of aromatic nitrogens is 1. The van der Waals surface area contributed by atoms with Crippen molar-refractivity contribution in [3.8, 4) is 0 Å². The van der Waals surface area contributed by atoms with E-state index in [1.165, 1.54) is 6.20 Å². The Bertz CT molecular complexity index is 609. The smallest absolute Gasteiger partial charge is 0.347 e. The van der Waals surface area contributed by atoms with E-state index in [4.69, 9.17) is 10.8 Å². The first-order valence-electron chi connectivity index (χ1n) is 4.92. The van der Waals surface area contributed by atoms with Crippen molar-refractivity contribution in [3.63, 3.8) is 0 Å². The van der Waals surface area contributed by atoms with Gasteiger partial charge in [0, 0.05) is 11.3 Å². The molecule has 4 N–H and O–H groups in total. The number of anilines is 2. The second-order valence-corrected chi connectivity index (χ2v) is 4.44. The molecular formula is C11H9N3O3S. The Labute approximate surface area is 106 Å². The average molecular weight is 263 g/mol. The zero-order valence-electron chi connectivity index (χ0n) is 9.08. The molecule has 0 spiro atoms. The molecule has 7 heteroatoms. The molecule has 92 valence electrons. The SMILES string of the molecule is NC(=O)c1cccc(Nc2ncc(C(=O)O)s2)c1. The van der Waals surface area contributed by atoms with E-state index in [-0.39, 0.29) is 4.88 Å². The van der Waals surface area contributed by atoms with Crippen molar-refractivity contribution in [1.29, 1.82) is 0 Å². The van der Waals surface area contributed by atoms with Crippen molar-refractivity contribution in [3.05, 3.63) is 40.9 Å². The van der Waals surface area contributed by atoms with Crippen molar-refractivity contribution in [2.45, 2.75) is 0 Å². The second kappa shape index (κ2) is 4.84. The Kier molecular flexibility index (Phi) is 3.24. The number of primary amides is 1. The van der Waals surface area contributed by atoms with Gasteiger partial charge in [0.1, 0.15) is 4.88 Å². The number of nitrogens with one attached hydrogen (secondary N) is 1. The van der Waals surface area contributed by atoms with Crippen LogP contribution < -0.4 is 11.1 Å². The largest absolute Gasteiger partial charge is 0.477 e. The van der Waals surface area contributed by atoms with Gasteiger partial charge in [-0.25, -0.2) is 9.78 Å². The minimum atomic E-state index is -1.02. The highest BCUT2D eigenvalue weighted by atomic mass is 32.1. The van der Waals surface area contributed by atoms with E-state index in [0.717, 1.165) is 11.3 Å². The van der Waals surface area contributed by atoms with Crippen LogP contribution in [0.2, 0.25) is 0 Å². The molecule has 0 aliphatic rings. The van der Waals surface area contributed by atoms with E-state index >= 15 is 0 Å². The normalized spacial score (nSPS) is 10.0. The lowest BCUT2D eigenvalue weighted by Crippen LogP contribution is -2.10. The molecule has 6 nitrogen and oxygen atoms in total. The van der Waals surface area contributed by atoms with E-state index in [9.17, 15) is 9.59 Å². The monoisotopic (exact) mass is 263 g/mol. The molecule has 0 fully saturated rings. The topological polar surface area (TPSA) is 105 Å². The zero-order chi connectivity index (χ0) is 13.1. The number of carbonyl (C=O) groups is 2. The molecule has 2 rings (SSSR count). The van der Waals surface area contributed by atoms with Crippen LogP contribution in [0.1, 0.15) is 20.0 Å². The van der Waals surface area contributed by atoms with Gasteiger partial charge in [-0.3, -0.25) is 4.79 Å². The van der Waals surface area contributed by atoms with Gasteiger partial charge in [0.25, 0.3) is 0 Å². The molecule has 0 saturated carbocycles. The minimum Gasteiger partial charge on any atom is -0.477 e. The summed E-state index contributed by atoms with van der Waals surface area (Å²) in [5.41, 5.74) is 6.16. The van der Waals surface area contributed by atoms with Gasteiger partial charge in [0.2, 0.25) is 5.91 Å². The number of benzene rings is 1. The summed E-state index contributed by atoms with van der Waals surface area (Å²) < 4.78 is 0. The Morgan fingerprint density at radius 3 is 2.78 bits per heavy atom. The fourth-order valence-electron chi connectivity index (χ4n) is 1.30. The summed E-state index contributed by atoms with van der Waals surface area (Å²) in [5, 5.41) is 12.1. The van der Waals surface area contributed by atoms with E-state index in [0.29, 0.717) is 16.4 Å². The number of carbonyl (C=O) groups excluding carboxylic acids is 1. The average Bonchev–Trinajstić information content (AvgIpc) is 2.78. The van der Waals surface area contributed by atoms with Crippen LogP contribution in [0.5, 0.6) is 0 Å².